The normalized spacial score (nSPS) is 20.6. The molecule has 1 atom stereocenters. The van der Waals surface area contributed by atoms with E-state index in [-0.39, 0.29) is 34.1 Å². The minimum atomic E-state index is -0.304. The molecule has 0 radical (unpaired) electrons. The van der Waals surface area contributed by atoms with Gasteiger partial charge in [0.15, 0.2) is 0 Å². The first-order valence-electron chi connectivity index (χ1n) is 10.2. The third-order valence-corrected chi connectivity index (χ3v) is 7.80. The smallest absolute Gasteiger partial charge is 0.219 e. The number of primary amides is 1. The Bertz CT molecular complexity index is 1060. The first-order valence-corrected chi connectivity index (χ1v) is 10.2. The molecule has 0 saturated heterocycles. The lowest BCUT2D eigenvalue weighted by molar-refractivity contribution is -0.119. The Morgan fingerprint density at radius 2 is 1.90 bits per heavy atom. The molecular weight excluding hydrogens is 358 g/mol. The number of aromatic nitrogens is 5. The Morgan fingerprint density at radius 3 is 2.55 bits per heavy atom. The first-order chi connectivity index (χ1) is 13.6. The Morgan fingerprint density at radius 1 is 1.21 bits per heavy atom. The molecule has 0 aliphatic heterocycles. The average Bonchev–Trinajstić information content (AvgIpc) is 3.35. The summed E-state index contributed by atoms with van der Waals surface area (Å²) in [6.07, 6.45) is 9.70. The van der Waals surface area contributed by atoms with Gasteiger partial charge in [0.1, 0.15) is 19.8 Å². The van der Waals surface area contributed by atoms with Crippen LogP contribution < -0.4 is 5.73 Å². The molecule has 0 aromatic carbocycles. The lowest BCUT2D eigenvalue weighted by atomic mass is 9.25. The zero-order chi connectivity index (χ0) is 21.0. The lowest BCUT2D eigenvalue weighted by Gasteiger charge is -2.53. The lowest BCUT2D eigenvalue weighted by Crippen LogP contribution is -2.44. The Hall–Kier alpha value is -2.38. The number of rotatable bonds is 5. The van der Waals surface area contributed by atoms with Gasteiger partial charge in [-0.25, -0.2) is 9.97 Å². The number of nitrogens with zero attached hydrogens (tertiary/aromatic N) is 4. The zero-order valence-electron chi connectivity index (χ0n) is 17.9. The van der Waals surface area contributed by atoms with Gasteiger partial charge in [-0.1, -0.05) is 28.6 Å². The molecule has 1 aliphatic carbocycles. The number of carbonyl (C=O) groups is 1. The van der Waals surface area contributed by atoms with Gasteiger partial charge >= 0.3 is 0 Å². The van der Waals surface area contributed by atoms with Crippen LogP contribution in [-0.4, -0.2) is 69.9 Å². The third kappa shape index (κ3) is 2.95. The van der Waals surface area contributed by atoms with Gasteiger partial charge in [0, 0.05) is 29.8 Å². The fraction of sp³-hybridized carbons (Fsp3) is 0.412. The largest absolute Gasteiger partial charge is 0.370 e. The van der Waals surface area contributed by atoms with Gasteiger partial charge in [-0.2, -0.15) is 5.10 Å². The van der Waals surface area contributed by atoms with E-state index in [2.05, 4.69) is 54.2 Å². The molecule has 3 aromatic heterocycles. The summed E-state index contributed by atoms with van der Waals surface area (Å²) in [7, 11) is 11.5. The van der Waals surface area contributed by atoms with Crippen LogP contribution in [0.3, 0.4) is 0 Å². The minimum absolute atomic E-state index is 0.0472. The van der Waals surface area contributed by atoms with E-state index in [0.717, 1.165) is 35.1 Å². The van der Waals surface area contributed by atoms with Gasteiger partial charge in [0.05, 0.1) is 49.3 Å². The summed E-state index contributed by atoms with van der Waals surface area (Å²) in [6.45, 7) is 0. The molecule has 3 heterocycles. The van der Waals surface area contributed by atoms with E-state index in [1.807, 2.05) is 29.3 Å². The molecule has 1 amide bonds. The van der Waals surface area contributed by atoms with Gasteiger partial charge in [-0.05, 0) is 6.07 Å². The minimum Gasteiger partial charge on any atom is -0.370 e. The van der Waals surface area contributed by atoms with E-state index in [4.69, 9.17) is 10.8 Å². The highest BCUT2D eigenvalue weighted by Crippen LogP contribution is 2.74. The second kappa shape index (κ2) is 6.57. The van der Waals surface area contributed by atoms with Gasteiger partial charge in [-0.3, -0.25) is 9.48 Å². The standard InChI is InChI=1S/C17H25B5N6O/c18-15(19)2-3-16(20,21)17(15,22)11(5-12(23)29)28-7-9(6-27-28)13-10-1-4-24-14(10)26-8-25-13/h1,4,6-8,11H,2-3,5,18-22H2,(H2,23,29)(H,24,25,26)/t11-/m1/s1. The monoisotopic (exact) mass is 384 g/mol. The molecule has 0 spiro atoms. The number of amides is 1. The third-order valence-electron chi connectivity index (χ3n) is 7.80. The van der Waals surface area contributed by atoms with Crippen LogP contribution in [0.4, 0.5) is 0 Å². The molecule has 29 heavy (non-hydrogen) atoms. The number of fused-ring (bicyclic) bond motifs is 1. The van der Waals surface area contributed by atoms with E-state index in [1.165, 1.54) is 0 Å². The van der Waals surface area contributed by atoms with Crippen LogP contribution >= 0.6 is 0 Å². The summed E-state index contributed by atoms with van der Waals surface area (Å²) in [5, 5.41) is 5.58. The van der Waals surface area contributed by atoms with E-state index in [0.29, 0.717) is 0 Å². The highest BCUT2D eigenvalue weighted by Gasteiger charge is 2.59. The Kier molecular flexibility index (Phi) is 4.51. The summed E-state index contributed by atoms with van der Waals surface area (Å²) >= 11 is 0. The van der Waals surface area contributed by atoms with E-state index >= 15 is 0 Å². The SMILES string of the molecule is BC1(B)CCC(B)(B)C1(B)[C@@H](CC(N)=O)n1cc(-c2ncnc3[nH]ccc23)cn1. The van der Waals surface area contributed by atoms with Crippen LogP contribution in [-0.2, 0) is 4.79 Å². The predicted octanol–water partition coefficient (Wildman–Crippen LogP) is -2.41. The van der Waals surface area contributed by atoms with Gasteiger partial charge in [0.2, 0.25) is 5.91 Å². The van der Waals surface area contributed by atoms with Crippen molar-refractivity contribution in [3.05, 3.63) is 31.0 Å². The van der Waals surface area contributed by atoms with Crippen molar-refractivity contribution in [2.45, 2.75) is 41.0 Å². The fourth-order valence-electron chi connectivity index (χ4n) is 5.45. The van der Waals surface area contributed by atoms with Crippen LogP contribution in [0.5, 0.6) is 0 Å². The molecule has 7 nitrogen and oxygen atoms in total. The van der Waals surface area contributed by atoms with Crippen molar-refractivity contribution in [3.8, 4) is 11.3 Å². The number of nitrogens with two attached hydrogens (primary N) is 1. The fourth-order valence-corrected chi connectivity index (χ4v) is 5.45. The predicted molar refractivity (Wildman–Crippen MR) is 128 cm³/mol. The Balaban J connectivity index is 1.82. The summed E-state index contributed by atoms with van der Waals surface area (Å²) in [4.78, 5) is 23.9. The van der Waals surface area contributed by atoms with Crippen molar-refractivity contribution in [2.24, 2.45) is 5.73 Å². The first kappa shape index (κ1) is 19.9. The summed E-state index contributed by atoms with van der Waals surface area (Å²) in [5.74, 6) is -0.304. The topological polar surface area (TPSA) is 102 Å². The van der Waals surface area contributed by atoms with Crippen molar-refractivity contribution in [2.75, 3.05) is 0 Å². The van der Waals surface area contributed by atoms with Gasteiger partial charge in [-0.15, -0.1) is 0 Å². The quantitative estimate of drug-likeness (QED) is 0.479. The number of carbonyl (C=O) groups excluding carboxylic acids is 1. The van der Waals surface area contributed by atoms with Crippen molar-refractivity contribution < 1.29 is 4.79 Å². The van der Waals surface area contributed by atoms with Crippen LogP contribution in [0.25, 0.3) is 22.3 Å². The van der Waals surface area contributed by atoms with Crippen LogP contribution in [0.15, 0.2) is 31.0 Å². The molecule has 4 rings (SSSR count). The molecule has 0 bridgehead atoms. The van der Waals surface area contributed by atoms with E-state index < -0.39 is 0 Å². The van der Waals surface area contributed by atoms with Crippen molar-refractivity contribution >= 4 is 56.2 Å². The molecule has 144 valence electrons. The molecule has 12 heteroatoms. The highest BCUT2D eigenvalue weighted by molar-refractivity contribution is 6.53. The number of H-pyrrole nitrogens is 1. The summed E-state index contributed by atoms with van der Waals surface area (Å²) < 4.78 is 1.94. The molecule has 1 saturated carbocycles. The van der Waals surface area contributed by atoms with E-state index in [1.54, 1.807) is 6.33 Å². The molecule has 1 aliphatic rings. The average molecular weight is 383 g/mol. The van der Waals surface area contributed by atoms with Gasteiger partial charge in [0.25, 0.3) is 0 Å². The molecule has 1 fully saturated rings. The van der Waals surface area contributed by atoms with Crippen molar-refractivity contribution in [1.82, 2.24) is 24.7 Å². The highest BCUT2D eigenvalue weighted by atomic mass is 16.1. The van der Waals surface area contributed by atoms with Crippen molar-refractivity contribution in [1.29, 1.82) is 0 Å². The maximum absolute atomic E-state index is 12.1. The van der Waals surface area contributed by atoms with Crippen molar-refractivity contribution in [3.63, 3.8) is 0 Å². The molecule has 0 unspecified atom stereocenters. The number of nitrogens with one attached hydrogen (secondary N) is 1. The number of hydrogen-bond donors (Lipinski definition) is 2. The van der Waals surface area contributed by atoms with Crippen LogP contribution in [0.2, 0.25) is 15.7 Å². The van der Waals surface area contributed by atoms with Crippen LogP contribution in [0, 0.1) is 0 Å². The summed E-state index contributed by atoms with van der Waals surface area (Å²) in [5.41, 5.74) is 8.24. The zero-order valence-corrected chi connectivity index (χ0v) is 17.9. The van der Waals surface area contributed by atoms with Crippen LogP contribution in [0.1, 0.15) is 25.3 Å². The van der Waals surface area contributed by atoms with Gasteiger partial charge < -0.3 is 10.7 Å². The second-order valence-corrected chi connectivity index (χ2v) is 9.83. The summed E-state index contributed by atoms with van der Waals surface area (Å²) in [6, 6.07) is 1.83. The molecule has 3 aromatic rings. The number of aromatic amines is 1. The second-order valence-electron chi connectivity index (χ2n) is 9.83. The number of hydrogen-bond acceptors (Lipinski definition) is 4. The maximum Gasteiger partial charge on any atom is 0.219 e. The maximum atomic E-state index is 12.1. The van der Waals surface area contributed by atoms with E-state index in [9.17, 15) is 4.79 Å². The Labute approximate surface area is 175 Å². The molecule has 3 N–H and O–H groups in total. The molecular formula is C17H25B5N6O.